The molecule has 0 nitrogen and oxygen atoms in total. The van der Waals surface area contributed by atoms with Crippen molar-refractivity contribution in [2.75, 3.05) is 0 Å². The van der Waals surface area contributed by atoms with E-state index in [1.165, 1.54) is 62.5 Å². The maximum atomic E-state index is 3.29. The van der Waals surface area contributed by atoms with Crippen molar-refractivity contribution in [2.24, 2.45) is 0 Å². The smallest absolute Gasteiger partial charge is 0.0245 e. The highest BCUT2D eigenvalue weighted by Gasteiger charge is 1.92. The first-order valence-electron chi connectivity index (χ1n) is 11.7. The Morgan fingerprint density at radius 3 is 1.30 bits per heavy atom. The lowest BCUT2D eigenvalue weighted by molar-refractivity contribution is 0.679. The molecular formula is C30H36. The van der Waals surface area contributed by atoms with Crippen molar-refractivity contribution >= 4 is 12.2 Å². The van der Waals surface area contributed by atoms with Crippen molar-refractivity contribution in [3.05, 3.63) is 70.8 Å². The van der Waals surface area contributed by atoms with E-state index in [2.05, 4.69) is 98.2 Å². The molecule has 0 radical (unpaired) electrons. The van der Waals surface area contributed by atoms with Gasteiger partial charge in [0.25, 0.3) is 0 Å². The number of unbranched alkanes of at least 4 members (excludes halogenated alkanes) is 8. The van der Waals surface area contributed by atoms with Crippen LogP contribution < -0.4 is 0 Å². The molecule has 0 saturated heterocycles. The average molecular weight is 397 g/mol. The molecule has 2 aromatic rings. The van der Waals surface area contributed by atoms with E-state index in [4.69, 9.17) is 0 Å². The SMILES string of the molecule is CCCCCCC#Cc1ccc(/C=C/c2ccc(C#CCCCCCC)cc2)cc1. The maximum absolute atomic E-state index is 3.29. The summed E-state index contributed by atoms with van der Waals surface area (Å²) in [7, 11) is 0. The quantitative estimate of drug-likeness (QED) is 0.214. The second-order valence-corrected chi connectivity index (χ2v) is 7.80. The zero-order chi connectivity index (χ0) is 21.3. The van der Waals surface area contributed by atoms with Crippen molar-refractivity contribution in [1.29, 1.82) is 0 Å². The minimum atomic E-state index is 1.00. The number of rotatable bonds is 10. The largest absolute Gasteiger partial charge is 0.0979 e. The lowest BCUT2D eigenvalue weighted by Gasteiger charge is -1.97. The number of benzene rings is 2. The van der Waals surface area contributed by atoms with E-state index in [0.717, 1.165) is 24.0 Å². The van der Waals surface area contributed by atoms with Crippen molar-refractivity contribution in [1.82, 2.24) is 0 Å². The summed E-state index contributed by atoms with van der Waals surface area (Å²) in [6.45, 7) is 4.48. The van der Waals surface area contributed by atoms with Gasteiger partial charge in [-0.1, -0.05) is 112 Å². The van der Waals surface area contributed by atoms with E-state index in [9.17, 15) is 0 Å². The van der Waals surface area contributed by atoms with Crippen molar-refractivity contribution < 1.29 is 0 Å². The van der Waals surface area contributed by atoms with Crippen LogP contribution in [0.25, 0.3) is 12.2 Å². The minimum Gasteiger partial charge on any atom is -0.0979 e. The summed E-state index contributed by atoms with van der Waals surface area (Å²) in [5.74, 6) is 13.1. The molecule has 0 aliphatic carbocycles. The van der Waals surface area contributed by atoms with Gasteiger partial charge in [-0.05, 0) is 48.2 Å². The molecule has 0 amide bonds. The molecule has 0 aliphatic heterocycles. The van der Waals surface area contributed by atoms with E-state index in [-0.39, 0.29) is 0 Å². The van der Waals surface area contributed by atoms with E-state index in [0.29, 0.717) is 0 Å². The van der Waals surface area contributed by atoms with Gasteiger partial charge >= 0.3 is 0 Å². The van der Waals surface area contributed by atoms with Crippen LogP contribution in [0, 0.1) is 23.7 Å². The third-order valence-electron chi connectivity index (χ3n) is 5.07. The van der Waals surface area contributed by atoms with Crippen molar-refractivity contribution in [3.8, 4) is 23.7 Å². The van der Waals surface area contributed by atoms with Crippen LogP contribution in [0.5, 0.6) is 0 Å². The van der Waals surface area contributed by atoms with Gasteiger partial charge in [0.05, 0.1) is 0 Å². The standard InChI is InChI=1S/C30H36/c1-3-5-7-9-11-13-15-27-17-21-29(22-18-27)25-26-30-23-19-28(20-24-30)16-14-12-10-8-6-4-2/h17-26H,3-12H2,1-2H3/b26-25+. The van der Waals surface area contributed by atoms with Gasteiger partial charge in [-0.15, -0.1) is 0 Å². The van der Waals surface area contributed by atoms with E-state index in [1.807, 2.05) is 0 Å². The Kier molecular flexibility index (Phi) is 11.9. The molecule has 0 heterocycles. The summed E-state index contributed by atoms with van der Waals surface area (Å²) >= 11 is 0. The van der Waals surface area contributed by atoms with Crippen LogP contribution in [0.3, 0.4) is 0 Å². The Morgan fingerprint density at radius 1 is 0.533 bits per heavy atom. The Hall–Kier alpha value is -2.70. The lowest BCUT2D eigenvalue weighted by atomic mass is 10.1. The van der Waals surface area contributed by atoms with E-state index in [1.54, 1.807) is 0 Å². The Balaban J connectivity index is 1.80. The molecule has 156 valence electrons. The topological polar surface area (TPSA) is 0 Å². The summed E-state index contributed by atoms with van der Waals surface area (Å²) in [6.07, 6.45) is 16.5. The molecule has 30 heavy (non-hydrogen) atoms. The second-order valence-electron chi connectivity index (χ2n) is 7.80. The van der Waals surface area contributed by atoms with Gasteiger partial charge in [-0.3, -0.25) is 0 Å². The first-order chi connectivity index (χ1) is 14.8. The van der Waals surface area contributed by atoms with Crippen LogP contribution in [-0.2, 0) is 0 Å². The third-order valence-corrected chi connectivity index (χ3v) is 5.07. The number of hydrogen-bond donors (Lipinski definition) is 0. The zero-order valence-electron chi connectivity index (χ0n) is 18.8. The van der Waals surface area contributed by atoms with Crippen molar-refractivity contribution in [3.63, 3.8) is 0 Å². The van der Waals surface area contributed by atoms with Gasteiger partial charge in [0, 0.05) is 24.0 Å². The fourth-order valence-electron chi connectivity index (χ4n) is 3.16. The summed E-state index contributed by atoms with van der Waals surface area (Å²) < 4.78 is 0. The van der Waals surface area contributed by atoms with Gasteiger partial charge in [-0.25, -0.2) is 0 Å². The normalized spacial score (nSPS) is 10.3. The predicted octanol–water partition coefficient (Wildman–Crippen LogP) is 8.50. The molecule has 0 aliphatic rings. The fraction of sp³-hybridized carbons (Fsp3) is 0.400. The lowest BCUT2D eigenvalue weighted by Crippen LogP contribution is -1.79. The summed E-state index contributed by atoms with van der Waals surface area (Å²) in [5.41, 5.74) is 4.58. The minimum absolute atomic E-state index is 1.00. The molecule has 0 aromatic heterocycles. The molecule has 0 unspecified atom stereocenters. The van der Waals surface area contributed by atoms with Gasteiger partial charge in [-0.2, -0.15) is 0 Å². The molecule has 0 bridgehead atoms. The molecule has 2 rings (SSSR count). The van der Waals surface area contributed by atoms with Gasteiger partial charge in [0.2, 0.25) is 0 Å². The molecule has 0 atom stereocenters. The zero-order valence-corrected chi connectivity index (χ0v) is 18.8. The molecule has 0 spiro atoms. The van der Waals surface area contributed by atoms with Crippen LogP contribution in [0.2, 0.25) is 0 Å². The second kappa shape index (κ2) is 15.2. The Bertz CT molecular complexity index is 783. The molecule has 2 aromatic carbocycles. The summed E-state index contributed by atoms with van der Waals surface area (Å²) in [5, 5.41) is 0. The average Bonchev–Trinajstić information content (AvgIpc) is 2.79. The van der Waals surface area contributed by atoms with Crippen LogP contribution in [0.1, 0.15) is 100 Å². The molecule has 0 heteroatoms. The van der Waals surface area contributed by atoms with Gasteiger partial charge in [0.1, 0.15) is 0 Å². The van der Waals surface area contributed by atoms with E-state index >= 15 is 0 Å². The Morgan fingerprint density at radius 2 is 0.933 bits per heavy atom. The summed E-state index contributed by atoms with van der Waals surface area (Å²) in [6, 6.07) is 17.0. The van der Waals surface area contributed by atoms with Crippen LogP contribution >= 0.6 is 0 Å². The first kappa shape index (κ1) is 23.6. The van der Waals surface area contributed by atoms with E-state index < -0.39 is 0 Å². The monoisotopic (exact) mass is 396 g/mol. The molecule has 0 saturated carbocycles. The van der Waals surface area contributed by atoms with Gasteiger partial charge in [0.15, 0.2) is 0 Å². The van der Waals surface area contributed by atoms with Crippen LogP contribution in [0.4, 0.5) is 0 Å². The number of hydrogen-bond acceptors (Lipinski definition) is 0. The highest BCUT2D eigenvalue weighted by atomic mass is 14.0. The molecule has 0 N–H and O–H groups in total. The molecule has 0 fully saturated rings. The Labute approximate surface area is 184 Å². The maximum Gasteiger partial charge on any atom is 0.0245 e. The predicted molar refractivity (Wildman–Crippen MR) is 133 cm³/mol. The molecular weight excluding hydrogens is 360 g/mol. The third kappa shape index (κ3) is 10.2. The fourth-order valence-corrected chi connectivity index (χ4v) is 3.16. The van der Waals surface area contributed by atoms with Crippen molar-refractivity contribution in [2.45, 2.75) is 78.1 Å². The van der Waals surface area contributed by atoms with Crippen LogP contribution in [-0.4, -0.2) is 0 Å². The summed E-state index contributed by atoms with van der Waals surface area (Å²) in [4.78, 5) is 0. The van der Waals surface area contributed by atoms with Gasteiger partial charge < -0.3 is 0 Å². The van der Waals surface area contributed by atoms with Crippen LogP contribution in [0.15, 0.2) is 48.5 Å². The highest BCUT2D eigenvalue weighted by molar-refractivity contribution is 5.70. The first-order valence-corrected chi connectivity index (χ1v) is 11.7. The highest BCUT2D eigenvalue weighted by Crippen LogP contribution is 2.11.